The normalized spacial score (nSPS) is 25.9. The Hall–Kier alpha value is -1.86. The van der Waals surface area contributed by atoms with Gasteiger partial charge in [-0.25, -0.2) is 4.79 Å². The first-order valence-corrected chi connectivity index (χ1v) is 10.1. The first kappa shape index (κ1) is 18.5. The number of likely N-dealkylation sites (tertiary alicyclic amines) is 1. The Morgan fingerprint density at radius 2 is 1.96 bits per heavy atom. The van der Waals surface area contributed by atoms with Gasteiger partial charge < -0.3 is 19.9 Å². The van der Waals surface area contributed by atoms with E-state index in [2.05, 4.69) is 15.5 Å². The van der Waals surface area contributed by atoms with Crippen LogP contribution >= 0.6 is 0 Å². The Morgan fingerprint density at radius 3 is 2.70 bits per heavy atom. The summed E-state index contributed by atoms with van der Waals surface area (Å²) < 4.78 is 7.41. The third-order valence-corrected chi connectivity index (χ3v) is 6.01. The highest BCUT2D eigenvalue weighted by Gasteiger charge is 2.37. The number of rotatable bonds is 3. The molecule has 0 aliphatic carbocycles. The minimum Gasteiger partial charge on any atom is -0.381 e. The van der Waals surface area contributed by atoms with Crippen LogP contribution in [0.1, 0.15) is 44.7 Å². The first-order valence-electron chi connectivity index (χ1n) is 10.1. The molecule has 2 N–H and O–H groups in total. The van der Waals surface area contributed by atoms with Crippen molar-refractivity contribution >= 4 is 11.7 Å². The van der Waals surface area contributed by atoms with Crippen molar-refractivity contribution in [1.82, 2.24) is 14.8 Å². The monoisotopic (exact) mass is 374 g/mol. The van der Waals surface area contributed by atoms with Gasteiger partial charge in [-0.05, 0) is 51.2 Å². The van der Waals surface area contributed by atoms with E-state index < -0.39 is 0 Å². The van der Waals surface area contributed by atoms with E-state index in [1.165, 1.54) is 0 Å². The zero-order valence-electron chi connectivity index (χ0n) is 16.2. The topological polar surface area (TPSA) is 75.6 Å². The fourth-order valence-corrected chi connectivity index (χ4v) is 4.85. The summed E-state index contributed by atoms with van der Waals surface area (Å²) >= 11 is 0. The molecule has 2 saturated heterocycles. The largest absolute Gasteiger partial charge is 0.381 e. The molecule has 2 fully saturated rings. The summed E-state index contributed by atoms with van der Waals surface area (Å²) in [6.45, 7) is 8.32. The van der Waals surface area contributed by atoms with Crippen molar-refractivity contribution in [3.63, 3.8) is 0 Å². The van der Waals surface area contributed by atoms with E-state index in [0.29, 0.717) is 23.6 Å². The summed E-state index contributed by atoms with van der Waals surface area (Å²) in [6, 6.07) is 4.11. The highest BCUT2D eigenvalue weighted by atomic mass is 16.5. The number of ether oxygens (including phenoxy) is 1. The zero-order valence-corrected chi connectivity index (χ0v) is 16.2. The van der Waals surface area contributed by atoms with Crippen LogP contribution in [0.25, 0.3) is 0 Å². The third kappa shape index (κ3) is 3.89. The van der Waals surface area contributed by atoms with E-state index in [0.717, 1.165) is 57.8 Å². The fourth-order valence-electron chi connectivity index (χ4n) is 4.85. The lowest BCUT2D eigenvalue weighted by Crippen LogP contribution is -2.52. The van der Waals surface area contributed by atoms with Gasteiger partial charge in [0.05, 0.1) is 0 Å². The van der Waals surface area contributed by atoms with Crippen molar-refractivity contribution in [3.8, 4) is 0 Å². The average molecular weight is 374 g/mol. The number of anilines is 1. The van der Waals surface area contributed by atoms with Crippen LogP contribution in [0.15, 0.2) is 16.9 Å². The molecule has 4 heterocycles. The van der Waals surface area contributed by atoms with Gasteiger partial charge in [-0.15, -0.1) is 0 Å². The molecule has 3 aliphatic rings. The molecule has 2 unspecified atom stereocenters. The molecular formula is C20H30N4O3. The second kappa shape index (κ2) is 7.64. The molecule has 7 nitrogen and oxygen atoms in total. The van der Waals surface area contributed by atoms with Crippen LogP contribution in [0.4, 0.5) is 10.5 Å². The van der Waals surface area contributed by atoms with Gasteiger partial charge in [0.2, 0.25) is 0 Å². The second-order valence-electron chi connectivity index (χ2n) is 8.44. The van der Waals surface area contributed by atoms with Crippen molar-refractivity contribution in [3.05, 3.63) is 28.2 Å². The van der Waals surface area contributed by atoms with Crippen LogP contribution in [0, 0.1) is 5.92 Å². The van der Waals surface area contributed by atoms with Crippen LogP contribution < -0.4 is 16.2 Å². The van der Waals surface area contributed by atoms with Crippen LogP contribution in [0.2, 0.25) is 0 Å². The smallest absolute Gasteiger partial charge is 0.319 e. The van der Waals surface area contributed by atoms with Crippen molar-refractivity contribution < 1.29 is 9.53 Å². The number of pyridine rings is 1. The number of aromatic nitrogens is 1. The van der Waals surface area contributed by atoms with Crippen molar-refractivity contribution in [2.75, 3.05) is 31.6 Å². The Labute approximate surface area is 160 Å². The molecular weight excluding hydrogens is 344 g/mol. The number of carbonyl (C=O) groups excluding carboxylic acids is 1. The van der Waals surface area contributed by atoms with E-state index in [9.17, 15) is 9.59 Å². The Morgan fingerprint density at radius 1 is 1.19 bits per heavy atom. The van der Waals surface area contributed by atoms with E-state index in [1.807, 2.05) is 24.5 Å². The van der Waals surface area contributed by atoms with E-state index in [-0.39, 0.29) is 17.6 Å². The maximum absolute atomic E-state index is 12.9. The maximum Gasteiger partial charge on any atom is 0.319 e. The Balaban J connectivity index is 1.52. The van der Waals surface area contributed by atoms with Crippen molar-refractivity contribution in [2.24, 2.45) is 5.92 Å². The first-order chi connectivity index (χ1) is 13.0. The molecule has 4 rings (SSSR count). The summed E-state index contributed by atoms with van der Waals surface area (Å²) in [6.07, 6.45) is 3.37. The molecule has 2 amide bonds. The molecule has 1 aromatic heterocycles. The molecule has 0 saturated carbocycles. The van der Waals surface area contributed by atoms with Crippen LogP contribution in [0.3, 0.4) is 0 Å². The number of fused-ring (bicyclic) bond motifs is 4. The molecule has 0 spiro atoms. The van der Waals surface area contributed by atoms with Crippen LogP contribution in [0.5, 0.6) is 0 Å². The highest BCUT2D eigenvalue weighted by molar-refractivity contribution is 5.89. The predicted octanol–water partition coefficient (Wildman–Crippen LogP) is 1.98. The number of amides is 2. The molecule has 3 aliphatic heterocycles. The molecule has 7 heteroatoms. The lowest BCUT2D eigenvalue weighted by molar-refractivity contribution is 0.00589. The van der Waals surface area contributed by atoms with Gasteiger partial charge in [-0.2, -0.15) is 0 Å². The number of hydrogen-bond acceptors (Lipinski definition) is 4. The molecule has 27 heavy (non-hydrogen) atoms. The molecule has 2 atom stereocenters. The number of piperidine rings is 1. The molecule has 2 bridgehead atoms. The highest BCUT2D eigenvalue weighted by Crippen LogP contribution is 2.37. The summed E-state index contributed by atoms with van der Waals surface area (Å²) in [5.74, 6) is 0.892. The number of urea groups is 1. The van der Waals surface area contributed by atoms with Gasteiger partial charge in [-0.1, -0.05) is 0 Å². The van der Waals surface area contributed by atoms with Crippen LogP contribution in [-0.2, 0) is 11.3 Å². The quantitative estimate of drug-likeness (QED) is 0.848. The summed E-state index contributed by atoms with van der Waals surface area (Å²) in [7, 11) is 0. The molecule has 0 radical (unpaired) electrons. The van der Waals surface area contributed by atoms with Gasteiger partial charge in [0, 0.05) is 56.5 Å². The van der Waals surface area contributed by atoms with Gasteiger partial charge in [0.1, 0.15) is 5.69 Å². The number of nitrogens with zero attached hydrogens (tertiary/aromatic N) is 2. The van der Waals surface area contributed by atoms with Crippen LogP contribution in [-0.4, -0.2) is 53.9 Å². The van der Waals surface area contributed by atoms with Gasteiger partial charge in [-0.3, -0.25) is 9.69 Å². The Bertz CT molecular complexity index is 754. The number of nitrogens with one attached hydrogen (secondary N) is 2. The summed E-state index contributed by atoms with van der Waals surface area (Å²) in [5.41, 5.74) is 1.39. The summed E-state index contributed by atoms with van der Waals surface area (Å²) in [4.78, 5) is 27.5. The molecule has 0 aromatic carbocycles. The van der Waals surface area contributed by atoms with E-state index >= 15 is 0 Å². The standard InChI is InChI=1S/C20H30N4O3/c1-13(2)21-20(26)22-17-3-4-18-15-9-14(11-24(18)19(17)25)10-23(12-15)16-5-7-27-8-6-16/h3-4,13-16H,5-12H2,1-2H3,(H2,21,22,26). The third-order valence-electron chi connectivity index (χ3n) is 6.01. The Kier molecular flexibility index (Phi) is 5.23. The zero-order chi connectivity index (χ0) is 19.0. The van der Waals surface area contributed by atoms with Crippen molar-refractivity contribution in [1.29, 1.82) is 0 Å². The van der Waals surface area contributed by atoms with Gasteiger partial charge in [0.25, 0.3) is 5.56 Å². The van der Waals surface area contributed by atoms with Gasteiger partial charge in [0.15, 0.2) is 0 Å². The number of hydrogen-bond donors (Lipinski definition) is 2. The average Bonchev–Trinajstić information content (AvgIpc) is 2.64. The fraction of sp³-hybridized carbons (Fsp3) is 0.700. The lowest BCUT2D eigenvalue weighted by Gasteiger charge is -2.46. The SMILES string of the molecule is CC(C)NC(=O)Nc1ccc2n(c1=O)CC1CC2CN(C2CCOCC2)C1. The molecule has 148 valence electrons. The second-order valence-corrected chi connectivity index (χ2v) is 8.44. The van der Waals surface area contributed by atoms with E-state index in [1.54, 1.807) is 6.07 Å². The van der Waals surface area contributed by atoms with E-state index in [4.69, 9.17) is 4.74 Å². The molecule has 1 aromatic rings. The minimum atomic E-state index is -0.329. The predicted molar refractivity (Wildman–Crippen MR) is 104 cm³/mol. The maximum atomic E-state index is 12.9. The van der Waals surface area contributed by atoms with Gasteiger partial charge >= 0.3 is 6.03 Å². The summed E-state index contributed by atoms with van der Waals surface area (Å²) in [5, 5.41) is 5.48. The van der Waals surface area contributed by atoms with Crippen molar-refractivity contribution in [2.45, 2.75) is 57.7 Å². The lowest BCUT2D eigenvalue weighted by atomic mass is 9.82. The number of carbonyl (C=O) groups is 1. The minimum absolute atomic E-state index is 0.0286.